The van der Waals surface area contributed by atoms with E-state index in [2.05, 4.69) is 0 Å². The number of aldehydes is 1. The maximum atomic E-state index is 10.8. The van der Waals surface area contributed by atoms with E-state index in [-0.39, 0.29) is 22.4 Å². The quantitative estimate of drug-likeness (QED) is 0.488. The van der Waals surface area contributed by atoms with Crippen LogP contribution in [0.3, 0.4) is 0 Å². The molecule has 76 valence electrons. The molecule has 4 heteroatoms. The summed E-state index contributed by atoms with van der Waals surface area (Å²) in [5.41, 5.74) is -0.0269. The number of phenolic OH excluding ortho intramolecular Hbond substituents is 3. The molecule has 0 radical (unpaired) electrons. The number of hydrogen-bond acceptors (Lipinski definition) is 4. The van der Waals surface area contributed by atoms with Gasteiger partial charge in [-0.1, -0.05) is 12.1 Å². The molecule has 15 heavy (non-hydrogen) atoms. The summed E-state index contributed by atoms with van der Waals surface area (Å²) in [5, 5.41) is 29.0. The maximum Gasteiger partial charge on any atom is 0.166 e. The van der Waals surface area contributed by atoms with E-state index in [0.717, 1.165) is 0 Å². The molecule has 0 fully saturated rings. The zero-order chi connectivity index (χ0) is 11.0. The molecule has 2 aromatic carbocycles. The fourth-order valence-corrected chi connectivity index (χ4v) is 1.52. The Hall–Kier alpha value is -2.23. The van der Waals surface area contributed by atoms with Gasteiger partial charge < -0.3 is 15.3 Å². The number of phenols is 3. The number of carbonyl (C=O) groups excluding carboxylic acids is 1. The molecule has 0 bridgehead atoms. The van der Waals surface area contributed by atoms with Crippen molar-refractivity contribution in [2.24, 2.45) is 0 Å². The summed E-state index contributed by atoms with van der Waals surface area (Å²) in [7, 11) is 0. The van der Waals surface area contributed by atoms with Gasteiger partial charge in [0, 0.05) is 5.39 Å². The predicted octanol–water partition coefficient (Wildman–Crippen LogP) is 1.77. The van der Waals surface area contributed by atoms with E-state index in [1.54, 1.807) is 12.1 Å². The first-order valence-electron chi connectivity index (χ1n) is 4.27. The van der Waals surface area contributed by atoms with Gasteiger partial charge >= 0.3 is 0 Å². The third-order valence-corrected chi connectivity index (χ3v) is 2.27. The first-order valence-corrected chi connectivity index (χ1v) is 4.27. The van der Waals surface area contributed by atoms with Gasteiger partial charge in [-0.2, -0.15) is 0 Å². The summed E-state index contributed by atoms with van der Waals surface area (Å²) < 4.78 is 0. The third-order valence-electron chi connectivity index (χ3n) is 2.27. The van der Waals surface area contributed by atoms with Crippen LogP contribution in [0, 0.1) is 0 Å². The molecule has 0 aliphatic heterocycles. The summed E-state index contributed by atoms with van der Waals surface area (Å²) in [6, 6.07) is 5.79. The molecule has 2 rings (SSSR count). The number of rotatable bonds is 1. The van der Waals surface area contributed by atoms with Crippen molar-refractivity contribution in [3.63, 3.8) is 0 Å². The molecular formula is C11H8O4. The molecular weight excluding hydrogens is 196 g/mol. The maximum absolute atomic E-state index is 10.8. The largest absolute Gasteiger partial charge is 0.507 e. The minimum atomic E-state index is -0.398. The van der Waals surface area contributed by atoms with E-state index >= 15 is 0 Å². The van der Waals surface area contributed by atoms with Crippen molar-refractivity contribution in [1.82, 2.24) is 0 Å². The molecule has 0 spiro atoms. The Bertz CT molecular complexity index is 541. The predicted molar refractivity (Wildman–Crippen MR) is 54.3 cm³/mol. The molecule has 0 atom stereocenters. The average molecular weight is 204 g/mol. The molecule has 0 saturated carbocycles. The smallest absolute Gasteiger partial charge is 0.166 e. The van der Waals surface area contributed by atoms with Crippen molar-refractivity contribution in [2.45, 2.75) is 0 Å². The van der Waals surface area contributed by atoms with Crippen LogP contribution >= 0.6 is 0 Å². The number of hydrogen-bond donors (Lipinski definition) is 3. The zero-order valence-corrected chi connectivity index (χ0v) is 7.64. The van der Waals surface area contributed by atoms with Crippen molar-refractivity contribution in [3.8, 4) is 17.2 Å². The highest BCUT2D eigenvalue weighted by molar-refractivity contribution is 6.04. The second-order valence-corrected chi connectivity index (χ2v) is 3.15. The Balaban J connectivity index is 3.00. The minimum absolute atomic E-state index is 0.0269. The Kier molecular flexibility index (Phi) is 1.97. The van der Waals surface area contributed by atoms with Gasteiger partial charge in [-0.3, -0.25) is 4.79 Å². The molecule has 4 nitrogen and oxygen atoms in total. The van der Waals surface area contributed by atoms with Crippen molar-refractivity contribution in [1.29, 1.82) is 0 Å². The highest BCUT2D eigenvalue weighted by atomic mass is 16.3. The van der Waals surface area contributed by atoms with E-state index in [1.807, 2.05) is 0 Å². The lowest BCUT2D eigenvalue weighted by Gasteiger charge is -2.06. The molecule has 0 saturated heterocycles. The van der Waals surface area contributed by atoms with Crippen molar-refractivity contribution < 1.29 is 20.1 Å². The molecule has 0 heterocycles. The summed E-state index contributed by atoms with van der Waals surface area (Å²) in [4.78, 5) is 10.8. The van der Waals surface area contributed by atoms with E-state index < -0.39 is 5.75 Å². The minimum Gasteiger partial charge on any atom is -0.507 e. The Labute approximate surface area is 85.0 Å². The van der Waals surface area contributed by atoms with Gasteiger partial charge in [0.1, 0.15) is 5.75 Å². The van der Waals surface area contributed by atoms with E-state index in [0.29, 0.717) is 11.7 Å². The van der Waals surface area contributed by atoms with E-state index in [1.165, 1.54) is 12.1 Å². The van der Waals surface area contributed by atoms with Gasteiger partial charge in [0.05, 0.1) is 5.56 Å². The van der Waals surface area contributed by atoms with E-state index in [9.17, 15) is 20.1 Å². The second-order valence-electron chi connectivity index (χ2n) is 3.15. The fourth-order valence-electron chi connectivity index (χ4n) is 1.52. The van der Waals surface area contributed by atoms with Crippen LogP contribution in [0.4, 0.5) is 0 Å². The van der Waals surface area contributed by atoms with Crippen LogP contribution in [-0.2, 0) is 0 Å². The van der Waals surface area contributed by atoms with Crippen molar-refractivity contribution >= 4 is 17.1 Å². The molecule has 0 amide bonds. The first kappa shape index (κ1) is 9.33. The number of carbonyl (C=O) groups is 1. The standard InChI is InChI=1S/C11H8O4/c12-5-7-8(13)3-1-6-2-4-9(14)11(15)10(6)7/h1-5,13-15H. The van der Waals surface area contributed by atoms with Crippen LogP contribution < -0.4 is 0 Å². The van der Waals surface area contributed by atoms with Gasteiger partial charge in [0.15, 0.2) is 17.8 Å². The van der Waals surface area contributed by atoms with Crippen LogP contribution in [-0.4, -0.2) is 21.6 Å². The van der Waals surface area contributed by atoms with Crippen LogP contribution in [0.15, 0.2) is 24.3 Å². The molecule has 0 aromatic heterocycles. The third kappa shape index (κ3) is 1.27. The molecule has 2 aromatic rings. The Morgan fingerprint density at radius 3 is 2.13 bits per heavy atom. The first-order chi connectivity index (χ1) is 7.15. The van der Waals surface area contributed by atoms with Crippen LogP contribution in [0.5, 0.6) is 17.2 Å². The lowest BCUT2D eigenvalue weighted by atomic mass is 10.0. The summed E-state index contributed by atoms with van der Waals surface area (Å²) >= 11 is 0. The molecule has 0 unspecified atom stereocenters. The van der Waals surface area contributed by atoms with Crippen molar-refractivity contribution in [3.05, 3.63) is 29.8 Å². The highest BCUT2D eigenvalue weighted by Gasteiger charge is 2.12. The summed E-state index contributed by atoms with van der Waals surface area (Å²) in [6.45, 7) is 0. The second kappa shape index (κ2) is 3.16. The number of fused-ring (bicyclic) bond motifs is 1. The van der Waals surface area contributed by atoms with Crippen LogP contribution in [0.2, 0.25) is 0 Å². The highest BCUT2D eigenvalue weighted by Crippen LogP contribution is 2.37. The van der Waals surface area contributed by atoms with Gasteiger partial charge in [0.2, 0.25) is 0 Å². The summed E-state index contributed by atoms with van der Waals surface area (Å²) in [5.74, 6) is -0.944. The monoisotopic (exact) mass is 204 g/mol. The molecule has 0 aliphatic rings. The normalized spacial score (nSPS) is 10.4. The van der Waals surface area contributed by atoms with Crippen LogP contribution in [0.1, 0.15) is 10.4 Å². The van der Waals surface area contributed by atoms with Gasteiger partial charge in [-0.05, 0) is 17.5 Å². The molecule has 0 aliphatic carbocycles. The molecule has 3 N–H and O–H groups in total. The van der Waals surface area contributed by atoms with Crippen molar-refractivity contribution in [2.75, 3.05) is 0 Å². The average Bonchev–Trinajstić information content (AvgIpc) is 2.24. The fraction of sp³-hybridized carbons (Fsp3) is 0. The topological polar surface area (TPSA) is 77.8 Å². The van der Waals surface area contributed by atoms with Crippen LogP contribution in [0.25, 0.3) is 10.8 Å². The number of benzene rings is 2. The van der Waals surface area contributed by atoms with Gasteiger partial charge in [0.25, 0.3) is 0 Å². The lowest BCUT2D eigenvalue weighted by molar-refractivity contribution is 0.112. The lowest BCUT2D eigenvalue weighted by Crippen LogP contribution is -1.86. The number of aromatic hydroxyl groups is 3. The Morgan fingerprint density at radius 2 is 1.53 bits per heavy atom. The SMILES string of the molecule is O=Cc1c(O)ccc2ccc(O)c(O)c12. The van der Waals surface area contributed by atoms with Gasteiger partial charge in [-0.15, -0.1) is 0 Å². The zero-order valence-electron chi connectivity index (χ0n) is 7.64. The van der Waals surface area contributed by atoms with E-state index in [4.69, 9.17) is 0 Å². The van der Waals surface area contributed by atoms with Gasteiger partial charge in [-0.25, -0.2) is 0 Å². The Morgan fingerprint density at radius 1 is 0.933 bits per heavy atom. The summed E-state index contributed by atoms with van der Waals surface area (Å²) in [6.07, 6.45) is 0.441.